The van der Waals surface area contributed by atoms with Gasteiger partial charge in [-0.05, 0) is 37.2 Å². The van der Waals surface area contributed by atoms with Crippen molar-refractivity contribution in [2.24, 2.45) is 17.8 Å². The summed E-state index contributed by atoms with van der Waals surface area (Å²) in [5.41, 5.74) is 0.996. The second kappa shape index (κ2) is 11.9. The van der Waals surface area contributed by atoms with Crippen LogP contribution in [0.4, 0.5) is 0 Å². The Labute approximate surface area is 223 Å². The van der Waals surface area contributed by atoms with E-state index in [0.29, 0.717) is 32.5 Å². The number of carbonyl (C=O) groups excluding carboxylic acids is 3. The SMILES string of the molecule is C=CCCCOC(=O)[C@@H]1[C@@H]2CC(C)C3(S2)C(C(=O)N(CC=C)Cc2ccccc2)N(CCCO)C(=O)[C@H]13. The topological polar surface area (TPSA) is 87.2 Å². The zero-order valence-corrected chi connectivity index (χ0v) is 22.4. The smallest absolute Gasteiger partial charge is 0.310 e. The second-order valence-electron chi connectivity index (χ2n) is 10.3. The van der Waals surface area contributed by atoms with Gasteiger partial charge in [0.05, 0.1) is 23.2 Å². The normalized spacial score (nSPS) is 29.7. The van der Waals surface area contributed by atoms with Gasteiger partial charge in [-0.3, -0.25) is 14.4 Å². The van der Waals surface area contributed by atoms with Gasteiger partial charge >= 0.3 is 5.97 Å². The van der Waals surface area contributed by atoms with Crippen molar-refractivity contribution in [2.75, 3.05) is 26.3 Å². The maximum Gasteiger partial charge on any atom is 0.310 e. The van der Waals surface area contributed by atoms with Gasteiger partial charge in [0.2, 0.25) is 11.8 Å². The molecule has 6 atom stereocenters. The van der Waals surface area contributed by atoms with Crippen LogP contribution >= 0.6 is 11.8 Å². The number of ether oxygens (including phenoxy) is 1. The van der Waals surface area contributed by atoms with E-state index >= 15 is 0 Å². The number of amides is 2. The number of hydrogen-bond donors (Lipinski definition) is 1. The number of thioether (sulfide) groups is 1. The highest BCUT2D eigenvalue weighted by Crippen LogP contribution is 2.68. The monoisotopic (exact) mass is 526 g/mol. The van der Waals surface area contributed by atoms with Crippen molar-refractivity contribution >= 4 is 29.5 Å². The number of aliphatic hydroxyl groups is 1. The summed E-state index contributed by atoms with van der Waals surface area (Å²) in [5.74, 6) is -1.72. The molecule has 2 bridgehead atoms. The molecule has 7 nitrogen and oxygen atoms in total. The first-order chi connectivity index (χ1) is 17.9. The van der Waals surface area contributed by atoms with Crippen molar-refractivity contribution in [3.63, 3.8) is 0 Å². The van der Waals surface area contributed by atoms with Crippen molar-refractivity contribution in [3.8, 4) is 0 Å². The molecule has 37 heavy (non-hydrogen) atoms. The molecule has 1 spiro atoms. The van der Waals surface area contributed by atoms with Crippen molar-refractivity contribution in [2.45, 2.75) is 55.2 Å². The summed E-state index contributed by atoms with van der Waals surface area (Å²) in [6, 6.07) is 9.06. The number of allylic oxidation sites excluding steroid dienone is 1. The molecule has 0 saturated carbocycles. The van der Waals surface area contributed by atoms with Gasteiger partial charge in [0, 0.05) is 31.5 Å². The number of aliphatic hydroxyl groups excluding tert-OH is 1. The second-order valence-corrected chi connectivity index (χ2v) is 11.8. The molecule has 0 aliphatic carbocycles. The lowest BCUT2D eigenvalue weighted by molar-refractivity contribution is -0.154. The number of unbranched alkanes of at least 4 members (excludes halogenated alkanes) is 1. The lowest BCUT2D eigenvalue weighted by Crippen LogP contribution is -2.57. The molecule has 3 heterocycles. The highest BCUT2D eigenvalue weighted by molar-refractivity contribution is 8.02. The number of fused-ring (bicyclic) bond motifs is 1. The minimum atomic E-state index is -0.705. The molecule has 0 radical (unpaired) electrons. The maximum absolute atomic E-state index is 14.3. The van der Waals surface area contributed by atoms with E-state index in [9.17, 15) is 19.5 Å². The largest absolute Gasteiger partial charge is 0.465 e. The first-order valence-electron chi connectivity index (χ1n) is 13.2. The van der Waals surface area contributed by atoms with Gasteiger partial charge < -0.3 is 19.6 Å². The molecule has 1 N–H and O–H groups in total. The van der Waals surface area contributed by atoms with Gasteiger partial charge in [0.1, 0.15) is 6.04 Å². The fraction of sp³-hybridized carbons (Fsp3) is 0.552. The van der Waals surface area contributed by atoms with Crippen LogP contribution in [0.2, 0.25) is 0 Å². The van der Waals surface area contributed by atoms with E-state index in [-0.39, 0.29) is 42.1 Å². The Morgan fingerprint density at radius 3 is 2.68 bits per heavy atom. The summed E-state index contributed by atoms with van der Waals surface area (Å²) in [6.45, 7) is 10.9. The summed E-state index contributed by atoms with van der Waals surface area (Å²) >= 11 is 1.64. The van der Waals surface area contributed by atoms with Crippen LogP contribution in [0.25, 0.3) is 0 Å². The summed E-state index contributed by atoms with van der Waals surface area (Å²) in [6.07, 6.45) is 6.08. The van der Waals surface area contributed by atoms with E-state index in [1.54, 1.807) is 33.7 Å². The van der Waals surface area contributed by atoms with Crippen LogP contribution in [-0.2, 0) is 25.7 Å². The molecule has 3 aliphatic rings. The number of benzene rings is 1. The Morgan fingerprint density at radius 1 is 1.24 bits per heavy atom. The predicted octanol–water partition coefficient (Wildman–Crippen LogP) is 3.43. The fourth-order valence-corrected chi connectivity index (χ4v) is 8.81. The summed E-state index contributed by atoms with van der Waals surface area (Å²) in [4.78, 5) is 45.0. The van der Waals surface area contributed by atoms with E-state index in [1.165, 1.54) is 0 Å². The third-order valence-corrected chi connectivity index (χ3v) is 10.1. The highest BCUT2D eigenvalue weighted by Gasteiger charge is 2.76. The summed E-state index contributed by atoms with van der Waals surface area (Å²) in [7, 11) is 0. The van der Waals surface area contributed by atoms with Gasteiger partial charge in [-0.2, -0.15) is 0 Å². The average Bonchev–Trinajstić information content (AvgIpc) is 3.49. The molecule has 8 heteroatoms. The molecule has 2 amide bonds. The molecule has 3 unspecified atom stereocenters. The third-order valence-electron chi connectivity index (χ3n) is 7.98. The number of rotatable bonds is 13. The third kappa shape index (κ3) is 4.98. The van der Waals surface area contributed by atoms with Crippen molar-refractivity contribution in [1.29, 1.82) is 0 Å². The van der Waals surface area contributed by atoms with Crippen molar-refractivity contribution < 1.29 is 24.2 Å². The van der Waals surface area contributed by atoms with Crippen molar-refractivity contribution in [1.82, 2.24) is 9.80 Å². The van der Waals surface area contributed by atoms with E-state index in [2.05, 4.69) is 20.1 Å². The van der Waals surface area contributed by atoms with Crippen LogP contribution in [0.1, 0.15) is 38.2 Å². The molecule has 0 aromatic heterocycles. The van der Waals surface area contributed by atoms with Gasteiger partial charge in [-0.1, -0.05) is 49.4 Å². The van der Waals surface area contributed by atoms with Gasteiger partial charge in [-0.25, -0.2) is 0 Å². The minimum Gasteiger partial charge on any atom is -0.465 e. The first-order valence-corrected chi connectivity index (χ1v) is 14.1. The predicted molar refractivity (Wildman–Crippen MR) is 145 cm³/mol. The average molecular weight is 527 g/mol. The van der Waals surface area contributed by atoms with Crippen LogP contribution in [0.15, 0.2) is 55.6 Å². The molecule has 4 rings (SSSR count). The zero-order valence-electron chi connectivity index (χ0n) is 21.6. The summed E-state index contributed by atoms with van der Waals surface area (Å²) in [5, 5.41) is 9.51. The minimum absolute atomic E-state index is 0.0480. The number of hydrogen-bond acceptors (Lipinski definition) is 6. The van der Waals surface area contributed by atoms with Crippen LogP contribution in [0.3, 0.4) is 0 Å². The summed E-state index contributed by atoms with van der Waals surface area (Å²) < 4.78 is 4.93. The van der Waals surface area contributed by atoms with Crippen LogP contribution in [-0.4, -0.2) is 75.0 Å². The standard InChI is InChI=1S/C29H38N2O5S/c1-4-6-10-17-36-28(35)23-22-18-20(3)29(37-22)24(23)26(33)31(15-11-16-32)25(29)27(34)30(14-5-2)19-21-12-8-7-9-13-21/h4-5,7-9,12-13,20,22-25,32H,1-2,6,10-11,14-19H2,3H3/t20?,22-,23+,24-,25?,29?/m0/s1. The molecule has 1 aromatic rings. The fourth-order valence-electron chi connectivity index (χ4n) is 6.41. The Morgan fingerprint density at radius 2 is 2.00 bits per heavy atom. The first kappa shape index (κ1) is 27.5. The number of esters is 1. The van der Waals surface area contributed by atoms with E-state index in [0.717, 1.165) is 18.4 Å². The molecular weight excluding hydrogens is 488 g/mol. The lowest BCUT2D eigenvalue weighted by atomic mass is 9.66. The van der Waals surface area contributed by atoms with Crippen LogP contribution < -0.4 is 0 Å². The zero-order chi connectivity index (χ0) is 26.6. The van der Waals surface area contributed by atoms with Crippen LogP contribution in [0, 0.1) is 17.8 Å². The Balaban J connectivity index is 1.67. The van der Waals surface area contributed by atoms with Gasteiger partial charge in [0.15, 0.2) is 0 Å². The molecule has 3 aliphatic heterocycles. The molecular formula is C29H38N2O5S. The quantitative estimate of drug-likeness (QED) is 0.241. The molecule has 200 valence electrons. The van der Waals surface area contributed by atoms with Gasteiger partial charge in [0.25, 0.3) is 0 Å². The van der Waals surface area contributed by atoms with Crippen molar-refractivity contribution in [3.05, 3.63) is 61.2 Å². The molecule has 3 saturated heterocycles. The molecule has 1 aromatic carbocycles. The lowest BCUT2D eigenvalue weighted by Gasteiger charge is -2.40. The number of carbonyl (C=O) groups is 3. The Kier molecular flexibility index (Phi) is 8.80. The maximum atomic E-state index is 14.3. The Bertz CT molecular complexity index is 1020. The van der Waals surface area contributed by atoms with E-state index < -0.39 is 22.6 Å². The molecule has 3 fully saturated rings. The number of likely N-dealkylation sites (tertiary alicyclic amines) is 1. The van der Waals surface area contributed by atoms with Gasteiger partial charge in [-0.15, -0.1) is 24.9 Å². The van der Waals surface area contributed by atoms with E-state index in [1.807, 2.05) is 30.3 Å². The van der Waals surface area contributed by atoms with E-state index in [4.69, 9.17) is 4.74 Å². The van der Waals surface area contributed by atoms with Crippen LogP contribution in [0.5, 0.6) is 0 Å². The number of nitrogens with zero attached hydrogens (tertiary/aromatic N) is 2. The highest BCUT2D eigenvalue weighted by atomic mass is 32.2. The Hall–Kier alpha value is -2.58.